The van der Waals surface area contributed by atoms with Crippen LogP contribution >= 0.6 is 0 Å². The predicted molar refractivity (Wildman–Crippen MR) is 95.6 cm³/mol. The van der Waals surface area contributed by atoms with Crippen LogP contribution < -0.4 is 5.32 Å². The molecule has 2 N–H and O–H groups in total. The molecule has 1 unspecified atom stereocenters. The van der Waals surface area contributed by atoms with Gasteiger partial charge in [-0.2, -0.15) is 10.1 Å². The summed E-state index contributed by atoms with van der Waals surface area (Å²) in [5.74, 6) is 0.363. The summed E-state index contributed by atoms with van der Waals surface area (Å²) in [5.41, 5.74) is 1.95. The lowest BCUT2D eigenvalue weighted by Crippen LogP contribution is -2.32. The van der Waals surface area contributed by atoms with E-state index >= 15 is 0 Å². The van der Waals surface area contributed by atoms with Crippen molar-refractivity contribution in [3.63, 3.8) is 0 Å². The molecule has 2 aromatic rings. The van der Waals surface area contributed by atoms with Gasteiger partial charge in [-0.05, 0) is 50.3 Å². The van der Waals surface area contributed by atoms with Crippen LogP contribution in [0.4, 0.5) is 5.95 Å². The van der Waals surface area contributed by atoms with Crippen LogP contribution in [0.1, 0.15) is 50.6 Å². The third kappa shape index (κ3) is 3.05. The normalized spacial score (nSPS) is 20.4. The van der Waals surface area contributed by atoms with Gasteiger partial charge in [0.15, 0.2) is 0 Å². The Balaban J connectivity index is 1.71. The average molecular weight is 354 g/mol. The van der Waals surface area contributed by atoms with Crippen LogP contribution in [-0.4, -0.2) is 31.9 Å². The second-order valence-corrected chi connectivity index (χ2v) is 6.85. The molecule has 0 amide bonds. The first-order valence-corrected chi connectivity index (χ1v) is 9.00. The molecule has 0 spiro atoms. The number of rotatable bonds is 3. The minimum absolute atomic E-state index is 0.0291. The molecule has 1 aliphatic heterocycles. The van der Waals surface area contributed by atoms with Crippen molar-refractivity contribution in [2.45, 2.75) is 51.2 Å². The van der Waals surface area contributed by atoms with E-state index in [1.165, 1.54) is 12.7 Å². The lowest BCUT2D eigenvalue weighted by Gasteiger charge is -2.30. The summed E-state index contributed by atoms with van der Waals surface area (Å²) in [5, 5.41) is 17.3. The van der Waals surface area contributed by atoms with Crippen LogP contribution in [-0.2, 0) is 9.53 Å². The zero-order chi connectivity index (χ0) is 18.1. The van der Waals surface area contributed by atoms with Crippen LogP contribution in [0.2, 0.25) is 0 Å². The number of aromatic nitrogens is 3. The number of carbonyl (C=O) groups is 1. The summed E-state index contributed by atoms with van der Waals surface area (Å²) >= 11 is 0. The number of carbonyl (C=O) groups excluding carboxylic acids is 1. The molecule has 1 saturated carbocycles. The fourth-order valence-electron chi connectivity index (χ4n) is 3.76. The molecule has 136 valence electrons. The summed E-state index contributed by atoms with van der Waals surface area (Å²) in [4.78, 5) is 17.2. The van der Waals surface area contributed by atoms with E-state index in [0.717, 1.165) is 31.2 Å². The van der Waals surface area contributed by atoms with E-state index in [0.29, 0.717) is 17.2 Å². The molecule has 26 heavy (non-hydrogen) atoms. The largest absolute Gasteiger partial charge is 0.508 e. The lowest BCUT2D eigenvalue weighted by atomic mass is 9.94. The highest BCUT2D eigenvalue weighted by Gasteiger charge is 2.35. The highest BCUT2D eigenvalue weighted by molar-refractivity contribution is 5.92. The molecule has 2 aliphatic rings. The molecule has 7 nitrogen and oxygen atoms in total. The van der Waals surface area contributed by atoms with E-state index in [9.17, 15) is 9.90 Å². The Labute approximate surface area is 151 Å². The highest BCUT2D eigenvalue weighted by Crippen LogP contribution is 2.36. The van der Waals surface area contributed by atoms with E-state index in [2.05, 4.69) is 15.4 Å². The van der Waals surface area contributed by atoms with Crippen molar-refractivity contribution < 1.29 is 14.6 Å². The number of benzene rings is 1. The Morgan fingerprint density at radius 2 is 2.12 bits per heavy atom. The van der Waals surface area contributed by atoms with Crippen molar-refractivity contribution in [2.75, 3.05) is 5.32 Å². The van der Waals surface area contributed by atoms with Gasteiger partial charge in [-0.1, -0.05) is 18.6 Å². The summed E-state index contributed by atoms with van der Waals surface area (Å²) in [6, 6.07) is 6.37. The molecule has 4 rings (SSSR count). The minimum atomic E-state index is -0.489. The van der Waals surface area contributed by atoms with Gasteiger partial charge in [-0.3, -0.25) is 0 Å². The standard InChI is InChI=1S/C19H22N4O3/c1-12-16(18(25)26-15-8-3-2-4-9-15)17(13-6-5-7-14(24)10-13)23-19(22-12)20-11-21-23/h5-7,10-11,15,17,24H,2-4,8-9H2,1H3,(H,20,21,22). The van der Waals surface area contributed by atoms with E-state index in [4.69, 9.17) is 4.74 Å². The number of hydrogen-bond donors (Lipinski definition) is 2. The number of phenolic OH excluding ortho intramolecular Hbond substituents is 1. The van der Waals surface area contributed by atoms with Crippen LogP contribution in [0.25, 0.3) is 0 Å². The molecule has 1 aliphatic carbocycles. The third-order valence-electron chi connectivity index (χ3n) is 5.03. The molecule has 0 radical (unpaired) electrons. The van der Waals surface area contributed by atoms with Gasteiger partial charge in [-0.25, -0.2) is 9.48 Å². The van der Waals surface area contributed by atoms with E-state index in [1.807, 2.05) is 13.0 Å². The molecule has 0 bridgehead atoms. The number of nitrogens with zero attached hydrogens (tertiary/aromatic N) is 3. The number of esters is 1. The maximum absolute atomic E-state index is 13.0. The third-order valence-corrected chi connectivity index (χ3v) is 5.03. The Hall–Kier alpha value is -2.83. The number of nitrogens with one attached hydrogen (secondary N) is 1. The van der Waals surface area contributed by atoms with Crippen molar-refractivity contribution in [3.8, 4) is 5.75 Å². The van der Waals surface area contributed by atoms with Gasteiger partial charge >= 0.3 is 5.97 Å². The van der Waals surface area contributed by atoms with E-state index in [1.54, 1.807) is 22.9 Å². The zero-order valence-corrected chi connectivity index (χ0v) is 14.7. The summed E-state index contributed by atoms with van der Waals surface area (Å²) < 4.78 is 7.47. The number of aromatic hydroxyl groups is 1. The molecule has 7 heteroatoms. The van der Waals surface area contributed by atoms with Crippen molar-refractivity contribution in [1.82, 2.24) is 14.8 Å². The first-order chi connectivity index (χ1) is 12.6. The van der Waals surface area contributed by atoms with E-state index in [-0.39, 0.29) is 17.8 Å². The number of hydrogen-bond acceptors (Lipinski definition) is 6. The van der Waals surface area contributed by atoms with Crippen LogP contribution in [0, 0.1) is 0 Å². The zero-order valence-electron chi connectivity index (χ0n) is 14.7. The van der Waals surface area contributed by atoms with Crippen LogP contribution in [0.3, 0.4) is 0 Å². The molecule has 1 fully saturated rings. The Bertz CT molecular complexity index is 852. The average Bonchev–Trinajstić information content (AvgIpc) is 3.09. The second kappa shape index (κ2) is 6.82. The first-order valence-electron chi connectivity index (χ1n) is 9.00. The Morgan fingerprint density at radius 1 is 1.31 bits per heavy atom. The molecular weight excluding hydrogens is 332 g/mol. The van der Waals surface area contributed by atoms with Gasteiger partial charge in [0, 0.05) is 5.70 Å². The van der Waals surface area contributed by atoms with Gasteiger partial charge in [0.05, 0.1) is 5.57 Å². The molecule has 2 heterocycles. The topological polar surface area (TPSA) is 89.3 Å². The minimum Gasteiger partial charge on any atom is -0.508 e. The molecular formula is C19H22N4O3. The van der Waals surface area contributed by atoms with Crippen LogP contribution in [0.5, 0.6) is 5.75 Å². The highest BCUT2D eigenvalue weighted by atomic mass is 16.5. The fourth-order valence-corrected chi connectivity index (χ4v) is 3.76. The monoisotopic (exact) mass is 354 g/mol. The van der Waals surface area contributed by atoms with Crippen LogP contribution in [0.15, 0.2) is 41.9 Å². The maximum Gasteiger partial charge on any atom is 0.338 e. The smallest absolute Gasteiger partial charge is 0.338 e. The molecule has 0 saturated heterocycles. The van der Waals surface area contributed by atoms with Gasteiger partial charge in [0.25, 0.3) is 0 Å². The quantitative estimate of drug-likeness (QED) is 0.823. The number of phenols is 1. The lowest BCUT2D eigenvalue weighted by molar-refractivity contribution is -0.146. The summed E-state index contributed by atoms with van der Waals surface area (Å²) in [6.07, 6.45) is 6.63. The molecule has 1 atom stereocenters. The molecule has 1 aromatic heterocycles. The SMILES string of the molecule is CC1=C(C(=O)OC2CCCCC2)C(c2cccc(O)c2)n2ncnc2N1. The second-order valence-electron chi connectivity index (χ2n) is 6.85. The van der Waals surface area contributed by atoms with Gasteiger partial charge < -0.3 is 15.2 Å². The van der Waals surface area contributed by atoms with Gasteiger partial charge in [-0.15, -0.1) is 0 Å². The van der Waals surface area contributed by atoms with Gasteiger partial charge in [0.2, 0.25) is 5.95 Å². The van der Waals surface area contributed by atoms with Crippen molar-refractivity contribution in [1.29, 1.82) is 0 Å². The van der Waals surface area contributed by atoms with Gasteiger partial charge in [0.1, 0.15) is 24.2 Å². The number of allylic oxidation sites excluding steroid dienone is 1. The predicted octanol–water partition coefficient (Wildman–Crippen LogP) is 3.15. The summed E-state index contributed by atoms with van der Waals surface area (Å²) in [6.45, 7) is 1.84. The Morgan fingerprint density at radius 3 is 2.88 bits per heavy atom. The molecule has 1 aromatic carbocycles. The number of ether oxygens (including phenoxy) is 1. The maximum atomic E-state index is 13.0. The van der Waals surface area contributed by atoms with Crippen molar-refractivity contribution in [3.05, 3.63) is 47.4 Å². The van der Waals surface area contributed by atoms with Crippen molar-refractivity contribution in [2.24, 2.45) is 0 Å². The van der Waals surface area contributed by atoms with Crippen molar-refractivity contribution >= 4 is 11.9 Å². The summed E-state index contributed by atoms with van der Waals surface area (Å²) in [7, 11) is 0. The first kappa shape index (κ1) is 16.6. The Kier molecular flexibility index (Phi) is 4.36. The number of fused-ring (bicyclic) bond motifs is 1. The van der Waals surface area contributed by atoms with E-state index < -0.39 is 6.04 Å². The number of anilines is 1. The fraction of sp³-hybridized carbons (Fsp3) is 0.421.